The van der Waals surface area contributed by atoms with E-state index in [9.17, 15) is 0 Å². The fraction of sp³-hybridized carbons (Fsp3) is 0.533. The molecule has 0 aliphatic carbocycles. The molecule has 0 bridgehead atoms. The third kappa shape index (κ3) is 3.07. The van der Waals surface area contributed by atoms with Gasteiger partial charge in [0.1, 0.15) is 0 Å². The van der Waals surface area contributed by atoms with Crippen molar-refractivity contribution in [2.24, 2.45) is 5.73 Å². The van der Waals surface area contributed by atoms with E-state index in [1.54, 1.807) is 0 Å². The number of nitrogens with zero attached hydrogens (tertiary/aromatic N) is 3. The summed E-state index contributed by atoms with van der Waals surface area (Å²) in [5, 5.41) is 0. The second-order valence-electron chi connectivity index (χ2n) is 4.97. The van der Waals surface area contributed by atoms with Crippen LogP contribution in [0, 0.1) is 0 Å². The maximum Gasteiger partial charge on any atom is 0.206 e. The van der Waals surface area contributed by atoms with Crippen LogP contribution in [0.25, 0.3) is 11.0 Å². The van der Waals surface area contributed by atoms with E-state index >= 15 is 0 Å². The Bertz CT molecular complexity index is 518. The Balaban J connectivity index is 2.27. The van der Waals surface area contributed by atoms with E-state index in [1.807, 2.05) is 6.07 Å². The molecule has 0 fully saturated rings. The normalized spacial score (nSPS) is 11.1. The number of nitrogens with two attached hydrogens (primary N) is 1. The molecule has 1 aromatic heterocycles. The number of hydrogen-bond donors (Lipinski definition) is 1. The van der Waals surface area contributed by atoms with Crippen molar-refractivity contribution in [1.82, 2.24) is 9.55 Å². The highest BCUT2D eigenvalue weighted by Crippen LogP contribution is 2.21. The predicted molar refractivity (Wildman–Crippen MR) is 81.6 cm³/mol. The van der Waals surface area contributed by atoms with Gasteiger partial charge in [-0.05, 0) is 18.6 Å². The summed E-state index contributed by atoms with van der Waals surface area (Å²) in [7, 11) is 2.11. The van der Waals surface area contributed by atoms with Crippen LogP contribution in [0.15, 0.2) is 24.3 Å². The Morgan fingerprint density at radius 1 is 1.26 bits per heavy atom. The molecule has 0 atom stereocenters. The van der Waals surface area contributed by atoms with E-state index in [0.29, 0.717) is 6.54 Å². The number of benzene rings is 1. The first-order valence-electron chi connectivity index (χ1n) is 7.14. The molecule has 0 radical (unpaired) electrons. The maximum atomic E-state index is 5.73. The van der Waals surface area contributed by atoms with Crippen molar-refractivity contribution in [2.75, 3.05) is 25.0 Å². The van der Waals surface area contributed by atoms with E-state index in [2.05, 4.69) is 41.6 Å². The standard InChI is InChI=1S/C15H24N4/c1-3-4-7-11-18(2)15-17-13-8-5-6-9-14(13)19(15)12-10-16/h5-6,8-9H,3-4,7,10-12,16H2,1-2H3. The van der Waals surface area contributed by atoms with Gasteiger partial charge in [0.15, 0.2) is 0 Å². The summed E-state index contributed by atoms with van der Waals surface area (Å²) in [6.07, 6.45) is 3.72. The molecule has 1 aromatic carbocycles. The van der Waals surface area contributed by atoms with Gasteiger partial charge < -0.3 is 15.2 Å². The summed E-state index contributed by atoms with van der Waals surface area (Å²) in [5.74, 6) is 1.03. The van der Waals surface area contributed by atoms with Crippen LogP contribution in [-0.2, 0) is 6.54 Å². The van der Waals surface area contributed by atoms with Crippen LogP contribution in [0.1, 0.15) is 26.2 Å². The molecule has 4 nitrogen and oxygen atoms in total. The zero-order valence-electron chi connectivity index (χ0n) is 12.0. The Labute approximate surface area is 115 Å². The molecule has 0 spiro atoms. The van der Waals surface area contributed by atoms with Crippen molar-refractivity contribution in [3.8, 4) is 0 Å². The van der Waals surface area contributed by atoms with Crippen molar-refractivity contribution in [2.45, 2.75) is 32.7 Å². The smallest absolute Gasteiger partial charge is 0.206 e. The lowest BCUT2D eigenvalue weighted by molar-refractivity contribution is 0.665. The minimum absolute atomic E-state index is 0.635. The highest BCUT2D eigenvalue weighted by atomic mass is 15.3. The van der Waals surface area contributed by atoms with Gasteiger partial charge in [-0.15, -0.1) is 0 Å². The molecule has 2 aromatic rings. The number of para-hydroxylation sites is 2. The fourth-order valence-electron chi connectivity index (χ4n) is 2.40. The quantitative estimate of drug-likeness (QED) is 0.778. The van der Waals surface area contributed by atoms with Crippen LogP contribution in [0.4, 0.5) is 5.95 Å². The van der Waals surface area contributed by atoms with Crippen LogP contribution >= 0.6 is 0 Å². The van der Waals surface area contributed by atoms with E-state index < -0.39 is 0 Å². The minimum Gasteiger partial charge on any atom is -0.345 e. The van der Waals surface area contributed by atoms with E-state index in [4.69, 9.17) is 10.7 Å². The molecular formula is C15H24N4. The Hall–Kier alpha value is -1.55. The third-order valence-corrected chi connectivity index (χ3v) is 3.43. The van der Waals surface area contributed by atoms with Crippen LogP contribution in [0.5, 0.6) is 0 Å². The summed E-state index contributed by atoms with van der Waals surface area (Å²) in [6, 6.07) is 8.26. The predicted octanol–water partition coefficient (Wildman–Crippen LogP) is 2.62. The molecule has 2 N–H and O–H groups in total. The monoisotopic (exact) mass is 260 g/mol. The van der Waals surface area contributed by atoms with Crippen LogP contribution < -0.4 is 10.6 Å². The topological polar surface area (TPSA) is 47.1 Å². The summed E-state index contributed by atoms with van der Waals surface area (Å²) < 4.78 is 2.22. The van der Waals surface area contributed by atoms with Gasteiger partial charge in [0.2, 0.25) is 5.95 Å². The van der Waals surface area contributed by atoms with Crippen molar-refractivity contribution in [3.05, 3.63) is 24.3 Å². The van der Waals surface area contributed by atoms with Crippen LogP contribution in [0.3, 0.4) is 0 Å². The Morgan fingerprint density at radius 3 is 2.79 bits per heavy atom. The van der Waals surface area contributed by atoms with Crippen molar-refractivity contribution < 1.29 is 0 Å². The van der Waals surface area contributed by atoms with E-state index in [-0.39, 0.29) is 0 Å². The second kappa shape index (κ2) is 6.57. The van der Waals surface area contributed by atoms with Crippen molar-refractivity contribution in [3.63, 3.8) is 0 Å². The first-order valence-corrected chi connectivity index (χ1v) is 7.14. The van der Waals surface area contributed by atoms with Crippen LogP contribution in [0.2, 0.25) is 0 Å². The second-order valence-corrected chi connectivity index (χ2v) is 4.97. The molecule has 19 heavy (non-hydrogen) atoms. The molecule has 0 saturated carbocycles. The largest absolute Gasteiger partial charge is 0.345 e. The molecule has 1 heterocycles. The molecule has 0 unspecified atom stereocenters. The zero-order valence-corrected chi connectivity index (χ0v) is 12.0. The zero-order chi connectivity index (χ0) is 13.7. The molecule has 0 aliphatic rings. The molecular weight excluding hydrogens is 236 g/mol. The first kappa shape index (κ1) is 13.9. The highest BCUT2D eigenvalue weighted by molar-refractivity contribution is 5.78. The minimum atomic E-state index is 0.635. The number of unbranched alkanes of at least 4 members (excludes halogenated alkanes) is 2. The number of anilines is 1. The maximum absolute atomic E-state index is 5.73. The first-order chi connectivity index (χ1) is 9.27. The number of rotatable bonds is 7. The van der Waals surface area contributed by atoms with E-state index in [1.165, 1.54) is 24.8 Å². The molecule has 4 heteroatoms. The average Bonchev–Trinajstić information content (AvgIpc) is 2.79. The SMILES string of the molecule is CCCCCN(C)c1nc2ccccc2n1CCN. The molecule has 0 aliphatic heterocycles. The van der Waals surface area contributed by atoms with Gasteiger partial charge in [-0.25, -0.2) is 4.98 Å². The third-order valence-electron chi connectivity index (χ3n) is 3.43. The fourth-order valence-corrected chi connectivity index (χ4v) is 2.40. The lowest BCUT2D eigenvalue weighted by Crippen LogP contribution is -2.24. The summed E-state index contributed by atoms with van der Waals surface area (Å²) >= 11 is 0. The van der Waals surface area contributed by atoms with Gasteiger partial charge >= 0.3 is 0 Å². The Morgan fingerprint density at radius 2 is 2.05 bits per heavy atom. The number of fused-ring (bicyclic) bond motifs is 1. The summed E-state index contributed by atoms with van der Waals surface area (Å²) in [5.41, 5.74) is 7.96. The lowest BCUT2D eigenvalue weighted by atomic mass is 10.2. The van der Waals surface area contributed by atoms with Crippen molar-refractivity contribution in [1.29, 1.82) is 0 Å². The average molecular weight is 260 g/mol. The molecule has 0 amide bonds. The number of aromatic nitrogens is 2. The Kier molecular flexibility index (Phi) is 4.80. The van der Waals surface area contributed by atoms with Gasteiger partial charge in [-0.1, -0.05) is 31.9 Å². The van der Waals surface area contributed by atoms with Gasteiger partial charge in [0.25, 0.3) is 0 Å². The van der Waals surface area contributed by atoms with E-state index in [0.717, 1.165) is 24.6 Å². The van der Waals surface area contributed by atoms with Gasteiger partial charge in [0, 0.05) is 26.7 Å². The summed E-state index contributed by atoms with van der Waals surface area (Å²) in [6.45, 7) is 4.72. The van der Waals surface area contributed by atoms with Gasteiger partial charge in [-0.2, -0.15) is 0 Å². The summed E-state index contributed by atoms with van der Waals surface area (Å²) in [4.78, 5) is 6.98. The highest BCUT2D eigenvalue weighted by Gasteiger charge is 2.13. The van der Waals surface area contributed by atoms with Gasteiger partial charge in [0.05, 0.1) is 11.0 Å². The molecule has 2 rings (SSSR count). The van der Waals surface area contributed by atoms with Crippen LogP contribution in [-0.4, -0.2) is 29.7 Å². The number of imidazole rings is 1. The van der Waals surface area contributed by atoms with Crippen molar-refractivity contribution >= 4 is 17.0 Å². The lowest BCUT2D eigenvalue weighted by Gasteiger charge is -2.19. The van der Waals surface area contributed by atoms with Gasteiger partial charge in [-0.3, -0.25) is 0 Å². The molecule has 104 valence electrons. The number of hydrogen-bond acceptors (Lipinski definition) is 3. The molecule has 0 saturated heterocycles.